The van der Waals surface area contributed by atoms with Crippen LogP contribution in [0.4, 0.5) is 0 Å². The molecule has 0 aliphatic carbocycles. The van der Waals surface area contributed by atoms with E-state index in [-0.39, 0.29) is 0 Å². The second kappa shape index (κ2) is 11.3. The van der Waals surface area contributed by atoms with Gasteiger partial charge in [-0.25, -0.2) is 9.97 Å². The van der Waals surface area contributed by atoms with Crippen molar-refractivity contribution in [1.29, 1.82) is 0 Å². The maximum Gasteiger partial charge on any atom is 0.234 e. The van der Waals surface area contributed by atoms with E-state index in [1.165, 1.54) is 76.5 Å². The summed E-state index contributed by atoms with van der Waals surface area (Å²) >= 11 is 0. The number of rotatable bonds is 4. The number of aryl methyl sites for hydroxylation is 1. The van der Waals surface area contributed by atoms with E-state index in [1.54, 1.807) is 6.20 Å². The van der Waals surface area contributed by atoms with Crippen molar-refractivity contribution in [3.05, 3.63) is 176 Å². The van der Waals surface area contributed by atoms with Gasteiger partial charge in [-0.15, -0.1) is 0 Å². The molecule has 0 bridgehead atoms. The van der Waals surface area contributed by atoms with E-state index in [1.807, 2.05) is 16.7 Å². The molecule has 10 aromatic rings. The first kappa shape index (κ1) is 28.4. The van der Waals surface area contributed by atoms with Crippen molar-refractivity contribution in [3.8, 4) is 44.6 Å². The quantitative estimate of drug-likeness (QED) is 0.180. The van der Waals surface area contributed by atoms with Crippen LogP contribution in [0.3, 0.4) is 0 Å². The minimum absolute atomic E-state index is 0.717. The highest BCUT2D eigenvalue weighted by molar-refractivity contribution is 6.22. The van der Waals surface area contributed by atoms with Crippen LogP contribution in [0.5, 0.6) is 0 Å². The van der Waals surface area contributed by atoms with E-state index in [0.717, 1.165) is 17.0 Å². The summed E-state index contributed by atoms with van der Waals surface area (Å²) in [7, 11) is 0. The molecule has 2 heterocycles. The molecule has 234 valence electrons. The molecule has 0 aliphatic heterocycles. The summed E-state index contributed by atoms with van der Waals surface area (Å²) in [6.07, 6.45) is 3.80. The minimum atomic E-state index is 0.717. The van der Waals surface area contributed by atoms with Crippen molar-refractivity contribution in [2.24, 2.45) is 0 Å². The molecule has 0 amide bonds. The number of benzene rings is 8. The molecule has 0 N–H and O–H groups in total. The molecule has 0 radical (unpaired) electrons. The number of hydrogen-bond acceptors (Lipinski definition) is 2. The Morgan fingerprint density at radius 2 is 0.940 bits per heavy atom. The van der Waals surface area contributed by atoms with Crippen LogP contribution in [0.15, 0.2) is 170 Å². The number of hydrogen-bond donors (Lipinski definition) is 0. The van der Waals surface area contributed by atoms with Gasteiger partial charge in [0.15, 0.2) is 0 Å². The molecular weight excluding hydrogens is 607 g/mol. The third-order valence-corrected chi connectivity index (χ3v) is 10.2. The molecule has 2 aromatic heterocycles. The van der Waals surface area contributed by atoms with Gasteiger partial charge < -0.3 is 0 Å². The maximum atomic E-state index is 4.83. The summed E-state index contributed by atoms with van der Waals surface area (Å²) in [5.41, 5.74) is 10.4. The van der Waals surface area contributed by atoms with Gasteiger partial charge in [0.25, 0.3) is 0 Å². The van der Waals surface area contributed by atoms with Gasteiger partial charge in [0, 0.05) is 23.7 Å². The lowest BCUT2D eigenvalue weighted by Crippen LogP contribution is -1.92. The lowest BCUT2D eigenvalue weighted by Gasteiger charge is -2.19. The Balaban J connectivity index is 1.21. The summed E-state index contributed by atoms with van der Waals surface area (Å²) in [6.45, 7) is 2.10. The van der Waals surface area contributed by atoms with Gasteiger partial charge in [0.05, 0.1) is 5.69 Å². The zero-order chi connectivity index (χ0) is 33.2. The lowest BCUT2D eigenvalue weighted by atomic mass is 9.84. The number of imidazole rings is 1. The molecular formula is C47H31N3. The minimum Gasteiger partial charge on any atom is -0.288 e. The van der Waals surface area contributed by atoms with Crippen LogP contribution >= 0.6 is 0 Å². The van der Waals surface area contributed by atoms with Gasteiger partial charge in [-0.05, 0) is 108 Å². The van der Waals surface area contributed by atoms with Crippen LogP contribution < -0.4 is 0 Å². The summed E-state index contributed by atoms with van der Waals surface area (Å²) in [4.78, 5) is 9.28. The van der Waals surface area contributed by atoms with Crippen LogP contribution in [0, 0.1) is 6.92 Å². The predicted molar refractivity (Wildman–Crippen MR) is 209 cm³/mol. The van der Waals surface area contributed by atoms with Crippen molar-refractivity contribution < 1.29 is 0 Å². The van der Waals surface area contributed by atoms with Crippen molar-refractivity contribution in [2.75, 3.05) is 0 Å². The normalized spacial score (nSPS) is 11.7. The average molecular weight is 638 g/mol. The highest BCUT2D eigenvalue weighted by atomic mass is 15.1. The summed E-state index contributed by atoms with van der Waals surface area (Å²) in [5, 5.41) is 9.98. The van der Waals surface area contributed by atoms with E-state index < -0.39 is 0 Å². The van der Waals surface area contributed by atoms with E-state index in [9.17, 15) is 0 Å². The highest BCUT2D eigenvalue weighted by Crippen LogP contribution is 2.45. The summed E-state index contributed by atoms with van der Waals surface area (Å²) < 4.78 is 2.04. The van der Waals surface area contributed by atoms with Gasteiger partial charge in [-0.3, -0.25) is 4.40 Å². The molecule has 10 rings (SSSR count). The summed E-state index contributed by atoms with van der Waals surface area (Å²) in [5.74, 6) is 0.717. The Morgan fingerprint density at radius 1 is 0.420 bits per heavy atom. The molecule has 3 nitrogen and oxygen atoms in total. The Morgan fingerprint density at radius 3 is 1.58 bits per heavy atom. The Hall–Kier alpha value is -6.58. The average Bonchev–Trinajstić information content (AvgIpc) is 3.52. The van der Waals surface area contributed by atoms with Gasteiger partial charge in [0.2, 0.25) is 5.78 Å². The van der Waals surface area contributed by atoms with Crippen LogP contribution in [0.2, 0.25) is 0 Å². The van der Waals surface area contributed by atoms with Gasteiger partial charge in [0.1, 0.15) is 0 Å². The Kier molecular flexibility index (Phi) is 6.40. The molecule has 0 spiro atoms. The number of aromatic nitrogens is 3. The highest BCUT2D eigenvalue weighted by Gasteiger charge is 2.18. The fourth-order valence-electron chi connectivity index (χ4n) is 7.77. The monoisotopic (exact) mass is 637 g/mol. The fourth-order valence-corrected chi connectivity index (χ4v) is 7.77. The fraction of sp³-hybridized carbons (Fsp3) is 0.0213. The molecule has 0 aliphatic rings. The summed E-state index contributed by atoms with van der Waals surface area (Å²) in [6, 6.07) is 57.6. The van der Waals surface area contributed by atoms with Crippen LogP contribution in [0.25, 0.3) is 93.5 Å². The molecule has 0 saturated heterocycles. The smallest absolute Gasteiger partial charge is 0.234 e. The second-order valence-corrected chi connectivity index (χ2v) is 13.1. The van der Waals surface area contributed by atoms with Crippen molar-refractivity contribution in [3.63, 3.8) is 0 Å². The van der Waals surface area contributed by atoms with Crippen LogP contribution in [-0.2, 0) is 0 Å². The topological polar surface area (TPSA) is 30.2 Å². The Bertz CT molecular complexity index is 2930. The number of nitrogens with zero attached hydrogens (tertiary/aromatic N) is 3. The SMILES string of the molecule is Cc1c(-c2ccc(-c3ccc4c(-c5ccc6ccccc6c5)c5ccccc5c(-c5ccc6ccccc6c5)c4c3)cc2)nc2ncccn12. The molecule has 0 atom stereocenters. The first-order valence-corrected chi connectivity index (χ1v) is 17.1. The first-order valence-electron chi connectivity index (χ1n) is 17.1. The van der Waals surface area contributed by atoms with Crippen molar-refractivity contribution >= 4 is 48.9 Å². The maximum absolute atomic E-state index is 4.83. The van der Waals surface area contributed by atoms with Gasteiger partial charge >= 0.3 is 0 Å². The first-order chi connectivity index (χ1) is 24.7. The molecule has 0 fully saturated rings. The third-order valence-electron chi connectivity index (χ3n) is 10.2. The molecule has 50 heavy (non-hydrogen) atoms. The zero-order valence-electron chi connectivity index (χ0n) is 27.5. The van der Waals surface area contributed by atoms with Gasteiger partial charge in [-0.2, -0.15) is 0 Å². The largest absolute Gasteiger partial charge is 0.288 e. The van der Waals surface area contributed by atoms with Gasteiger partial charge in [-0.1, -0.05) is 133 Å². The van der Waals surface area contributed by atoms with Crippen LogP contribution in [-0.4, -0.2) is 14.4 Å². The lowest BCUT2D eigenvalue weighted by molar-refractivity contribution is 1.06. The Labute approximate surface area is 289 Å². The third kappa shape index (κ3) is 4.52. The van der Waals surface area contributed by atoms with E-state index in [0.29, 0.717) is 5.78 Å². The molecule has 0 unspecified atom stereocenters. The van der Waals surface area contributed by atoms with Crippen molar-refractivity contribution in [2.45, 2.75) is 6.92 Å². The second-order valence-electron chi connectivity index (χ2n) is 13.1. The van der Waals surface area contributed by atoms with Crippen molar-refractivity contribution in [1.82, 2.24) is 14.4 Å². The van der Waals surface area contributed by atoms with Crippen LogP contribution in [0.1, 0.15) is 5.69 Å². The molecule has 3 heteroatoms. The zero-order valence-corrected chi connectivity index (χ0v) is 27.5. The molecule has 8 aromatic carbocycles. The van der Waals surface area contributed by atoms with E-state index in [2.05, 4.69) is 164 Å². The van der Waals surface area contributed by atoms with E-state index >= 15 is 0 Å². The van der Waals surface area contributed by atoms with E-state index in [4.69, 9.17) is 4.98 Å². The standard InChI is InChI=1S/C47H31N3/c1-30-46(49-47-48-25-8-26-50(30)47)34-19-15-33(16-20-34)37-23-24-42-43(29-37)45(39-22-18-32-10-3-5-12-36(32)28-39)41-14-7-6-13-40(41)44(42)38-21-17-31-9-2-4-11-35(31)27-38/h2-29H,1H3. The predicted octanol–water partition coefficient (Wildman–Crippen LogP) is 12.3. The number of fused-ring (bicyclic) bond motifs is 5. The molecule has 0 saturated carbocycles.